The normalized spacial score (nSPS) is 11.9. The van der Waals surface area contributed by atoms with Gasteiger partial charge < -0.3 is 15.8 Å². The molecule has 0 heterocycles. The third-order valence-corrected chi connectivity index (χ3v) is 2.27. The molecule has 0 saturated carbocycles. The zero-order valence-electron chi connectivity index (χ0n) is 12.1. The van der Waals surface area contributed by atoms with E-state index >= 15 is 0 Å². The number of guanidine groups is 1. The van der Waals surface area contributed by atoms with Crippen molar-refractivity contribution in [3.63, 3.8) is 0 Å². The molecule has 0 radical (unpaired) electrons. The Kier molecular flexibility index (Phi) is 8.01. The monoisotopic (exact) mass is 377 g/mol. The standard InChI is InChI=1S/C14H23N3O.HI/c1-14(2,3)17-13(15)16-9-11-5-7-12(8-6-11)10-18-4;/h5-8H,9-10H2,1-4H3,(H3,15,16,17);1H. The summed E-state index contributed by atoms with van der Waals surface area (Å²) in [7, 11) is 1.69. The largest absolute Gasteiger partial charge is 0.380 e. The molecule has 3 N–H and O–H groups in total. The van der Waals surface area contributed by atoms with Gasteiger partial charge in [-0.1, -0.05) is 24.3 Å². The molecule has 0 bridgehead atoms. The molecule has 1 rings (SSSR count). The number of methoxy groups -OCH3 is 1. The molecule has 108 valence electrons. The second-order valence-corrected chi connectivity index (χ2v) is 5.33. The maximum Gasteiger partial charge on any atom is 0.189 e. The highest BCUT2D eigenvalue weighted by Crippen LogP contribution is 2.06. The van der Waals surface area contributed by atoms with Crippen LogP contribution in [0.15, 0.2) is 29.3 Å². The number of hydrogen-bond donors (Lipinski definition) is 2. The first-order valence-electron chi connectivity index (χ1n) is 6.05. The van der Waals surface area contributed by atoms with Crippen molar-refractivity contribution in [1.82, 2.24) is 5.32 Å². The predicted molar refractivity (Wildman–Crippen MR) is 90.8 cm³/mol. The summed E-state index contributed by atoms with van der Waals surface area (Å²) in [6.07, 6.45) is 0. The van der Waals surface area contributed by atoms with E-state index in [2.05, 4.69) is 31.1 Å². The molecule has 0 unspecified atom stereocenters. The Hall–Kier alpha value is -0.820. The summed E-state index contributed by atoms with van der Waals surface area (Å²) in [5, 5.41) is 3.13. The Morgan fingerprint density at radius 3 is 2.21 bits per heavy atom. The topological polar surface area (TPSA) is 59.6 Å². The average molecular weight is 377 g/mol. The van der Waals surface area contributed by atoms with Crippen LogP contribution in [0.2, 0.25) is 0 Å². The Bertz CT molecular complexity index is 396. The summed E-state index contributed by atoms with van der Waals surface area (Å²) < 4.78 is 5.06. The van der Waals surface area contributed by atoms with Crippen LogP contribution in [0, 0.1) is 0 Å². The zero-order chi connectivity index (χ0) is 13.6. The van der Waals surface area contributed by atoms with Gasteiger partial charge in [0.25, 0.3) is 0 Å². The van der Waals surface area contributed by atoms with Gasteiger partial charge in [-0.25, -0.2) is 4.99 Å². The van der Waals surface area contributed by atoms with Gasteiger partial charge >= 0.3 is 0 Å². The number of halogens is 1. The van der Waals surface area contributed by atoms with Crippen LogP contribution >= 0.6 is 24.0 Å². The van der Waals surface area contributed by atoms with Crippen LogP contribution in [0.3, 0.4) is 0 Å². The molecule has 0 fully saturated rings. The van der Waals surface area contributed by atoms with E-state index in [0.717, 1.165) is 11.1 Å². The molecule has 0 amide bonds. The second-order valence-electron chi connectivity index (χ2n) is 5.33. The minimum absolute atomic E-state index is 0. The third kappa shape index (κ3) is 8.05. The number of benzene rings is 1. The van der Waals surface area contributed by atoms with Crippen LogP contribution < -0.4 is 11.1 Å². The number of nitrogens with two attached hydrogens (primary N) is 1. The fourth-order valence-corrected chi connectivity index (χ4v) is 1.51. The maximum absolute atomic E-state index is 5.80. The number of rotatable bonds is 4. The number of aliphatic imine (C=N–C) groups is 1. The van der Waals surface area contributed by atoms with E-state index in [0.29, 0.717) is 19.1 Å². The molecule has 0 aliphatic heterocycles. The predicted octanol–water partition coefficient (Wildman–Crippen LogP) is 2.65. The summed E-state index contributed by atoms with van der Waals surface area (Å²) in [4.78, 5) is 4.31. The Balaban J connectivity index is 0.00000324. The van der Waals surface area contributed by atoms with Crippen LogP contribution in [0.5, 0.6) is 0 Å². The average Bonchev–Trinajstić information content (AvgIpc) is 2.26. The quantitative estimate of drug-likeness (QED) is 0.482. The highest BCUT2D eigenvalue weighted by Gasteiger charge is 2.09. The molecule has 0 atom stereocenters. The van der Waals surface area contributed by atoms with Crippen LogP contribution in [0.4, 0.5) is 0 Å². The van der Waals surface area contributed by atoms with Crippen molar-refractivity contribution >= 4 is 29.9 Å². The van der Waals surface area contributed by atoms with Crippen molar-refractivity contribution in [3.05, 3.63) is 35.4 Å². The summed E-state index contributed by atoms with van der Waals surface area (Å²) >= 11 is 0. The van der Waals surface area contributed by atoms with Crippen LogP contribution in [0.25, 0.3) is 0 Å². The minimum atomic E-state index is -0.0596. The fraction of sp³-hybridized carbons (Fsp3) is 0.500. The van der Waals surface area contributed by atoms with Gasteiger partial charge in [0, 0.05) is 12.6 Å². The molecule has 0 aliphatic carbocycles. The summed E-state index contributed by atoms with van der Waals surface area (Å²) in [6, 6.07) is 8.17. The lowest BCUT2D eigenvalue weighted by atomic mass is 10.1. The molecular weight excluding hydrogens is 353 g/mol. The van der Waals surface area contributed by atoms with E-state index in [1.165, 1.54) is 0 Å². The van der Waals surface area contributed by atoms with Crippen LogP contribution in [-0.4, -0.2) is 18.6 Å². The molecule has 0 aliphatic rings. The summed E-state index contributed by atoms with van der Waals surface area (Å²) in [5.74, 6) is 0.475. The molecule has 19 heavy (non-hydrogen) atoms. The Morgan fingerprint density at radius 1 is 1.21 bits per heavy atom. The van der Waals surface area contributed by atoms with Gasteiger partial charge in [0.15, 0.2) is 5.96 Å². The molecule has 0 spiro atoms. The first-order valence-corrected chi connectivity index (χ1v) is 6.05. The van der Waals surface area contributed by atoms with Crippen molar-refractivity contribution in [2.75, 3.05) is 7.11 Å². The summed E-state index contributed by atoms with van der Waals surface area (Å²) in [6.45, 7) is 7.37. The van der Waals surface area contributed by atoms with Crippen molar-refractivity contribution in [1.29, 1.82) is 0 Å². The fourth-order valence-electron chi connectivity index (χ4n) is 1.51. The SMILES string of the molecule is COCc1ccc(CN=C(N)NC(C)(C)C)cc1.I. The van der Waals surface area contributed by atoms with Gasteiger partial charge in [-0.15, -0.1) is 24.0 Å². The molecule has 0 aromatic heterocycles. The van der Waals surface area contributed by atoms with Gasteiger partial charge in [-0.05, 0) is 31.9 Å². The van der Waals surface area contributed by atoms with E-state index in [1.54, 1.807) is 7.11 Å². The molecule has 5 heteroatoms. The number of ether oxygens (including phenoxy) is 1. The Morgan fingerprint density at radius 2 is 1.74 bits per heavy atom. The van der Waals surface area contributed by atoms with E-state index in [1.807, 2.05) is 24.3 Å². The maximum atomic E-state index is 5.80. The third-order valence-electron chi connectivity index (χ3n) is 2.27. The van der Waals surface area contributed by atoms with Crippen molar-refractivity contribution in [2.45, 2.75) is 39.5 Å². The molecule has 1 aromatic rings. The number of nitrogens with one attached hydrogen (secondary N) is 1. The Labute approximate surface area is 132 Å². The van der Waals surface area contributed by atoms with Crippen LogP contribution in [0.1, 0.15) is 31.9 Å². The first kappa shape index (κ1) is 18.2. The number of nitrogens with zero attached hydrogens (tertiary/aromatic N) is 1. The van der Waals surface area contributed by atoms with Gasteiger partial charge in [0.2, 0.25) is 0 Å². The van der Waals surface area contributed by atoms with Crippen molar-refractivity contribution in [3.8, 4) is 0 Å². The molecule has 0 saturated heterocycles. The second kappa shape index (κ2) is 8.37. The van der Waals surface area contributed by atoms with Crippen molar-refractivity contribution in [2.24, 2.45) is 10.7 Å². The lowest BCUT2D eigenvalue weighted by Gasteiger charge is -2.20. The zero-order valence-corrected chi connectivity index (χ0v) is 14.4. The van der Waals surface area contributed by atoms with Gasteiger partial charge in [0.1, 0.15) is 0 Å². The summed E-state index contributed by atoms with van der Waals surface area (Å²) in [5.41, 5.74) is 8.04. The van der Waals surface area contributed by atoms with Gasteiger partial charge in [-0.3, -0.25) is 0 Å². The lowest BCUT2D eigenvalue weighted by molar-refractivity contribution is 0.185. The molecular formula is C14H24IN3O. The van der Waals surface area contributed by atoms with Gasteiger partial charge in [-0.2, -0.15) is 0 Å². The van der Waals surface area contributed by atoms with E-state index in [-0.39, 0.29) is 29.5 Å². The highest BCUT2D eigenvalue weighted by atomic mass is 127. The lowest BCUT2D eigenvalue weighted by Crippen LogP contribution is -2.44. The molecule has 4 nitrogen and oxygen atoms in total. The number of hydrogen-bond acceptors (Lipinski definition) is 2. The highest BCUT2D eigenvalue weighted by molar-refractivity contribution is 14.0. The smallest absolute Gasteiger partial charge is 0.189 e. The molecule has 1 aromatic carbocycles. The minimum Gasteiger partial charge on any atom is -0.380 e. The van der Waals surface area contributed by atoms with E-state index < -0.39 is 0 Å². The van der Waals surface area contributed by atoms with E-state index in [9.17, 15) is 0 Å². The first-order chi connectivity index (χ1) is 8.40. The van der Waals surface area contributed by atoms with E-state index in [4.69, 9.17) is 10.5 Å². The van der Waals surface area contributed by atoms with Gasteiger partial charge in [0.05, 0.1) is 13.2 Å². The van der Waals surface area contributed by atoms with Crippen LogP contribution in [-0.2, 0) is 17.9 Å². The van der Waals surface area contributed by atoms with Crippen molar-refractivity contribution < 1.29 is 4.74 Å².